The van der Waals surface area contributed by atoms with Crippen LogP contribution in [-0.2, 0) is 25.0 Å². The van der Waals surface area contributed by atoms with Gasteiger partial charge in [0.25, 0.3) is 0 Å². The Kier molecular flexibility index (Phi) is 4.00. The van der Waals surface area contributed by atoms with Gasteiger partial charge in [-0.15, -0.1) is 0 Å². The van der Waals surface area contributed by atoms with Crippen molar-refractivity contribution in [1.82, 2.24) is 14.8 Å². The minimum Gasteiger partial charge on any atom is -0.385 e. The molecule has 2 aromatic rings. The molecule has 4 heteroatoms. The van der Waals surface area contributed by atoms with Crippen LogP contribution in [0, 0.1) is 0 Å². The summed E-state index contributed by atoms with van der Waals surface area (Å²) in [6.07, 6.45) is 3.01. The Morgan fingerprint density at radius 3 is 2.47 bits per heavy atom. The largest absolute Gasteiger partial charge is 0.385 e. The number of aliphatic hydroxyl groups is 1. The average Bonchev–Trinajstić information content (AvgIpc) is 2.85. The van der Waals surface area contributed by atoms with Crippen LogP contribution in [0.15, 0.2) is 30.6 Å². The van der Waals surface area contributed by atoms with Gasteiger partial charge in [-0.05, 0) is 31.4 Å². The first-order chi connectivity index (χ1) is 9.06. The number of nitrogens with zero attached hydrogens (tertiary/aromatic N) is 3. The summed E-state index contributed by atoms with van der Waals surface area (Å²) in [5.74, 6) is 0.812. The highest BCUT2D eigenvalue weighted by molar-refractivity contribution is 5.27. The maximum atomic E-state index is 10.7. The predicted molar refractivity (Wildman–Crippen MR) is 74.8 cm³/mol. The molecule has 4 nitrogen and oxygen atoms in total. The second-order valence-electron chi connectivity index (χ2n) is 4.99. The van der Waals surface area contributed by atoms with E-state index in [4.69, 9.17) is 0 Å². The molecule has 1 N–H and O–H groups in total. The monoisotopic (exact) mass is 259 g/mol. The van der Waals surface area contributed by atoms with Crippen molar-refractivity contribution < 1.29 is 5.11 Å². The first-order valence-electron chi connectivity index (χ1n) is 6.75. The van der Waals surface area contributed by atoms with Gasteiger partial charge in [-0.25, -0.2) is 4.98 Å². The fourth-order valence-electron chi connectivity index (χ4n) is 2.20. The van der Waals surface area contributed by atoms with E-state index < -0.39 is 5.60 Å². The molecule has 19 heavy (non-hydrogen) atoms. The number of aromatic nitrogens is 3. The molecule has 1 atom stereocenters. The lowest BCUT2D eigenvalue weighted by molar-refractivity contribution is 0.0543. The van der Waals surface area contributed by atoms with Crippen LogP contribution in [0.5, 0.6) is 0 Å². The first-order valence-corrected chi connectivity index (χ1v) is 6.75. The Labute approximate surface area is 114 Å². The number of hydrogen-bond donors (Lipinski definition) is 1. The number of aryl methyl sites for hydroxylation is 2. The Bertz CT molecular complexity index is 529. The van der Waals surface area contributed by atoms with Gasteiger partial charge in [0, 0.05) is 13.0 Å². The molecular formula is C15H21N3O. The van der Waals surface area contributed by atoms with E-state index in [1.54, 1.807) is 0 Å². The zero-order chi connectivity index (χ0) is 13.9. The summed E-state index contributed by atoms with van der Waals surface area (Å²) < 4.78 is 1.81. The Morgan fingerprint density at radius 1 is 1.21 bits per heavy atom. The molecule has 0 saturated heterocycles. The average molecular weight is 259 g/mol. The van der Waals surface area contributed by atoms with E-state index >= 15 is 0 Å². The first kappa shape index (κ1) is 13.7. The third-order valence-corrected chi connectivity index (χ3v) is 3.48. The second kappa shape index (κ2) is 5.53. The standard InChI is InChI=1S/C15H21N3O/c1-4-12-6-8-13(9-7-12)15(3,19)10-14-16-11-17-18(14)5-2/h6-9,11,19H,4-5,10H2,1-3H3. The molecule has 0 saturated carbocycles. The van der Waals surface area contributed by atoms with Crippen molar-refractivity contribution in [3.63, 3.8) is 0 Å². The lowest BCUT2D eigenvalue weighted by Gasteiger charge is -2.23. The topological polar surface area (TPSA) is 50.9 Å². The van der Waals surface area contributed by atoms with Crippen molar-refractivity contribution in [2.45, 2.75) is 45.8 Å². The normalized spacial score (nSPS) is 14.3. The summed E-state index contributed by atoms with van der Waals surface area (Å²) in [6.45, 7) is 6.72. The van der Waals surface area contributed by atoms with Crippen molar-refractivity contribution in [1.29, 1.82) is 0 Å². The van der Waals surface area contributed by atoms with Crippen molar-refractivity contribution in [3.8, 4) is 0 Å². The van der Waals surface area contributed by atoms with Gasteiger partial charge in [-0.3, -0.25) is 4.68 Å². The van der Waals surface area contributed by atoms with Crippen molar-refractivity contribution in [3.05, 3.63) is 47.5 Å². The lowest BCUT2D eigenvalue weighted by atomic mass is 9.91. The van der Waals surface area contributed by atoms with Crippen LogP contribution in [0.3, 0.4) is 0 Å². The molecule has 102 valence electrons. The third kappa shape index (κ3) is 3.01. The zero-order valence-electron chi connectivity index (χ0n) is 11.8. The molecule has 0 aliphatic heterocycles. The van der Waals surface area contributed by atoms with Gasteiger partial charge >= 0.3 is 0 Å². The maximum absolute atomic E-state index is 10.7. The number of benzene rings is 1. The third-order valence-electron chi connectivity index (χ3n) is 3.48. The minimum absolute atomic E-state index is 0.465. The maximum Gasteiger partial charge on any atom is 0.138 e. The van der Waals surface area contributed by atoms with Crippen LogP contribution < -0.4 is 0 Å². The quantitative estimate of drug-likeness (QED) is 0.896. The van der Waals surface area contributed by atoms with E-state index in [0.29, 0.717) is 6.42 Å². The van der Waals surface area contributed by atoms with E-state index in [2.05, 4.69) is 29.1 Å². The molecule has 1 aromatic carbocycles. The van der Waals surface area contributed by atoms with E-state index in [9.17, 15) is 5.11 Å². The van der Waals surface area contributed by atoms with E-state index in [1.807, 2.05) is 30.7 Å². The molecule has 1 unspecified atom stereocenters. The smallest absolute Gasteiger partial charge is 0.138 e. The van der Waals surface area contributed by atoms with E-state index in [1.165, 1.54) is 11.9 Å². The molecule has 0 aliphatic rings. The molecule has 0 spiro atoms. The van der Waals surface area contributed by atoms with Crippen LogP contribution in [0.25, 0.3) is 0 Å². The van der Waals surface area contributed by atoms with Gasteiger partial charge in [0.15, 0.2) is 0 Å². The van der Waals surface area contributed by atoms with Crippen LogP contribution >= 0.6 is 0 Å². The highest BCUT2D eigenvalue weighted by Gasteiger charge is 2.25. The van der Waals surface area contributed by atoms with Gasteiger partial charge < -0.3 is 5.11 Å². The Balaban J connectivity index is 2.21. The zero-order valence-corrected chi connectivity index (χ0v) is 11.8. The van der Waals surface area contributed by atoms with Gasteiger partial charge in [-0.1, -0.05) is 31.2 Å². The molecular weight excluding hydrogens is 238 g/mol. The van der Waals surface area contributed by atoms with Gasteiger partial charge in [-0.2, -0.15) is 5.10 Å². The van der Waals surface area contributed by atoms with Crippen LogP contribution in [-0.4, -0.2) is 19.9 Å². The molecule has 1 heterocycles. The summed E-state index contributed by atoms with van der Waals surface area (Å²) in [5, 5.41) is 14.8. The molecule has 0 amide bonds. The highest BCUT2D eigenvalue weighted by atomic mass is 16.3. The SMILES string of the molecule is CCc1ccc(C(C)(O)Cc2ncnn2CC)cc1. The summed E-state index contributed by atoms with van der Waals surface area (Å²) >= 11 is 0. The number of hydrogen-bond acceptors (Lipinski definition) is 3. The Morgan fingerprint density at radius 2 is 1.89 bits per heavy atom. The van der Waals surface area contributed by atoms with E-state index in [0.717, 1.165) is 24.4 Å². The fourth-order valence-corrected chi connectivity index (χ4v) is 2.20. The second-order valence-corrected chi connectivity index (χ2v) is 4.99. The molecule has 0 fully saturated rings. The highest BCUT2D eigenvalue weighted by Crippen LogP contribution is 2.25. The summed E-state index contributed by atoms with van der Waals surface area (Å²) in [4.78, 5) is 4.22. The van der Waals surface area contributed by atoms with Crippen LogP contribution in [0.1, 0.15) is 37.7 Å². The number of rotatable bonds is 5. The van der Waals surface area contributed by atoms with E-state index in [-0.39, 0.29) is 0 Å². The van der Waals surface area contributed by atoms with Crippen molar-refractivity contribution >= 4 is 0 Å². The van der Waals surface area contributed by atoms with Gasteiger partial charge in [0.1, 0.15) is 12.2 Å². The van der Waals surface area contributed by atoms with Gasteiger partial charge in [0.05, 0.1) is 5.60 Å². The molecule has 1 aromatic heterocycles. The fraction of sp³-hybridized carbons (Fsp3) is 0.467. The summed E-state index contributed by atoms with van der Waals surface area (Å²) in [6, 6.07) is 8.11. The van der Waals surface area contributed by atoms with Crippen LogP contribution in [0.4, 0.5) is 0 Å². The van der Waals surface area contributed by atoms with Gasteiger partial charge in [0.2, 0.25) is 0 Å². The summed E-state index contributed by atoms with van der Waals surface area (Å²) in [5.41, 5.74) is 1.26. The molecule has 0 radical (unpaired) electrons. The summed E-state index contributed by atoms with van der Waals surface area (Å²) in [7, 11) is 0. The predicted octanol–water partition coefficient (Wildman–Crippen LogP) is 2.31. The molecule has 2 rings (SSSR count). The van der Waals surface area contributed by atoms with Crippen molar-refractivity contribution in [2.75, 3.05) is 0 Å². The lowest BCUT2D eigenvalue weighted by Crippen LogP contribution is -2.26. The molecule has 0 bridgehead atoms. The van der Waals surface area contributed by atoms with Crippen molar-refractivity contribution in [2.24, 2.45) is 0 Å². The Hall–Kier alpha value is -1.68. The minimum atomic E-state index is -0.924. The van der Waals surface area contributed by atoms with Crippen LogP contribution in [0.2, 0.25) is 0 Å². The molecule has 0 aliphatic carbocycles.